The second-order valence-corrected chi connectivity index (χ2v) is 14.0. The van der Waals surface area contributed by atoms with Gasteiger partial charge in [-0.15, -0.1) is 17.7 Å². The maximum absolute atomic E-state index is 11.7. The van der Waals surface area contributed by atoms with Gasteiger partial charge in [0.15, 0.2) is 5.78 Å². The number of nitrogens with zero attached hydrogens (tertiary/aromatic N) is 1. The molecule has 0 spiro atoms. The van der Waals surface area contributed by atoms with Crippen LogP contribution in [0.1, 0.15) is 105 Å². The van der Waals surface area contributed by atoms with E-state index in [4.69, 9.17) is 9.40 Å². The predicted octanol–water partition coefficient (Wildman–Crippen LogP) is 11.4. The van der Waals surface area contributed by atoms with Gasteiger partial charge < -0.3 is 9.52 Å². The quantitative estimate of drug-likeness (QED) is 0.101. The van der Waals surface area contributed by atoms with Crippen molar-refractivity contribution in [3.63, 3.8) is 0 Å². The van der Waals surface area contributed by atoms with Crippen LogP contribution in [0.4, 0.5) is 0 Å². The molecule has 0 unspecified atom stereocenters. The van der Waals surface area contributed by atoms with E-state index in [2.05, 4.69) is 83.1 Å². The Morgan fingerprint density at radius 3 is 2.20 bits per heavy atom. The Morgan fingerprint density at radius 1 is 0.913 bits per heavy atom. The van der Waals surface area contributed by atoms with Crippen molar-refractivity contribution in [3.05, 3.63) is 89.2 Å². The molecule has 0 atom stereocenters. The van der Waals surface area contributed by atoms with Gasteiger partial charge in [0.25, 0.3) is 0 Å². The summed E-state index contributed by atoms with van der Waals surface area (Å²) in [4.78, 5) is 16.9. The van der Waals surface area contributed by atoms with E-state index in [1.165, 1.54) is 33.5 Å². The number of furan rings is 1. The topological polar surface area (TPSA) is 63.3 Å². The van der Waals surface area contributed by atoms with Crippen molar-refractivity contribution < 1.29 is 34.4 Å². The molecule has 0 bridgehead atoms. The summed E-state index contributed by atoms with van der Waals surface area (Å²) in [6, 6.07) is 22.9. The summed E-state index contributed by atoms with van der Waals surface area (Å²) in [6.45, 7) is 19.4. The third-order valence-corrected chi connectivity index (χ3v) is 9.80. The van der Waals surface area contributed by atoms with Crippen molar-refractivity contribution in [3.8, 4) is 11.3 Å². The summed E-state index contributed by atoms with van der Waals surface area (Å²) < 4.78 is 6.21. The molecule has 6 rings (SSSR count). The fourth-order valence-corrected chi connectivity index (χ4v) is 6.75. The van der Waals surface area contributed by atoms with Crippen LogP contribution in [0.2, 0.25) is 0 Å². The van der Waals surface area contributed by atoms with Crippen LogP contribution in [0.15, 0.2) is 70.8 Å². The molecular formula is C41H48IrNO3-. The van der Waals surface area contributed by atoms with Crippen molar-refractivity contribution in [1.82, 2.24) is 4.98 Å². The minimum atomic E-state index is -0.211. The van der Waals surface area contributed by atoms with Crippen LogP contribution in [0, 0.1) is 17.9 Å². The Bertz CT molecular complexity index is 1900. The third-order valence-electron chi connectivity index (χ3n) is 9.80. The van der Waals surface area contributed by atoms with E-state index in [0.717, 1.165) is 59.0 Å². The predicted molar refractivity (Wildman–Crippen MR) is 188 cm³/mol. The Labute approximate surface area is 288 Å². The van der Waals surface area contributed by atoms with Crippen LogP contribution in [0.25, 0.3) is 44.1 Å². The van der Waals surface area contributed by atoms with Crippen molar-refractivity contribution in [2.75, 3.05) is 0 Å². The SMILES string of the molecule is CC(C)(C)c1ccc2nc3c(cc2c1)C(C)(C)c1cccc2oc4cc[c-]c-3c4c12.CCC(CC)C(=O)/C=C(\O)C(CC)CC.[Ir]. The Hall–Kier alpha value is -3.27. The first-order chi connectivity index (χ1) is 21.3. The van der Waals surface area contributed by atoms with E-state index in [9.17, 15) is 9.90 Å². The van der Waals surface area contributed by atoms with Gasteiger partial charge in [-0.1, -0.05) is 104 Å². The van der Waals surface area contributed by atoms with Crippen LogP contribution in [0.5, 0.6) is 0 Å². The van der Waals surface area contributed by atoms with Gasteiger partial charge in [-0.2, -0.15) is 0 Å². The van der Waals surface area contributed by atoms with Gasteiger partial charge in [0.2, 0.25) is 0 Å². The van der Waals surface area contributed by atoms with Crippen LogP contribution in [0.3, 0.4) is 0 Å². The molecule has 0 fully saturated rings. The average Bonchev–Trinajstić information content (AvgIpc) is 3.37. The van der Waals surface area contributed by atoms with Crippen LogP contribution >= 0.6 is 0 Å². The minimum absolute atomic E-state index is 0. The average molecular weight is 795 g/mol. The molecule has 1 radical (unpaired) electrons. The number of pyridine rings is 1. The summed E-state index contributed by atoms with van der Waals surface area (Å²) in [7, 11) is 0. The second-order valence-electron chi connectivity index (χ2n) is 14.0. The maximum atomic E-state index is 11.7. The van der Waals surface area contributed by atoms with Crippen LogP contribution in [-0.4, -0.2) is 15.9 Å². The first-order valence-electron chi connectivity index (χ1n) is 16.6. The normalized spacial score (nSPS) is 13.9. The molecule has 46 heavy (non-hydrogen) atoms. The molecule has 5 aromatic rings. The van der Waals surface area contributed by atoms with E-state index < -0.39 is 0 Å². The minimum Gasteiger partial charge on any atom is -0.512 e. The van der Waals surface area contributed by atoms with E-state index in [0.29, 0.717) is 0 Å². The molecule has 0 saturated heterocycles. The Morgan fingerprint density at radius 2 is 1.57 bits per heavy atom. The zero-order chi connectivity index (χ0) is 32.7. The van der Waals surface area contributed by atoms with Gasteiger partial charge in [0, 0.05) is 43.4 Å². The van der Waals surface area contributed by atoms with Gasteiger partial charge in [0.05, 0.1) is 16.9 Å². The van der Waals surface area contributed by atoms with Crippen molar-refractivity contribution >= 4 is 38.6 Å². The van der Waals surface area contributed by atoms with E-state index in [-0.39, 0.29) is 54.3 Å². The number of rotatable bonds is 7. The summed E-state index contributed by atoms with van der Waals surface area (Å²) in [5.41, 5.74) is 8.66. The van der Waals surface area contributed by atoms with Gasteiger partial charge in [-0.3, -0.25) is 9.78 Å². The number of hydrogen-bond donors (Lipinski definition) is 1. The van der Waals surface area contributed by atoms with Crippen molar-refractivity contribution in [1.29, 1.82) is 0 Å². The van der Waals surface area contributed by atoms with E-state index in [1.54, 1.807) is 0 Å². The van der Waals surface area contributed by atoms with E-state index >= 15 is 0 Å². The fourth-order valence-electron chi connectivity index (χ4n) is 6.75. The largest absolute Gasteiger partial charge is 0.512 e. The zero-order valence-corrected chi connectivity index (χ0v) is 31.2. The number of ketones is 1. The van der Waals surface area contributed by atoms with Crippen LogP contribution < -0.4 is 0 Å². The number of aliphatic hydroxyl groups excluding tert-OH is 1. The standard InChI is InChI=1S/C28H24NO.C13H24O2.Ir/c1-27(2,3)17-12-13-21-16(14-17)15-20-26(29-21)18-8-6-10-22-24(18)25-19(28(20,4)5)9-7-11-23(25)30-22;1-5-10(6-2)12(14)9-13(15)11(7-3)8-4;/h6-7,9-15H,1-5H3;9-11,14H,5-8H2,1-4H3;/q-1;;/b;12-9-;. The van der Waals surface area contributed by atoms with Crippen LogP contribution in [-0.2, 0) is 35.7 Å². The number of allylic oxidation sites excluding steroid dienone is 2. The number of aromatic nitrogens is 1. The molecule has 5 heteroatoms. The summed E-state index contributed by atoms with van der Waals surface area (Å²) in [5.74, 6) is 0.547. The van der Waals surface area contributed by atoms with Gasteiger partial charge in [-0.25, -0.2) is 0 Å². The molecule has 0 amide bonds. The number of benzene rings is 3. The molecule has 4 nitrogen and oxygen atoms in total. The maximum Gasteiger partial charge on any atom is 0.162 e. The zero-order valence-electron chi connectivity index (χ0n) is 28.8. The molecule has 0 saturated carbocycles. The molecule has 1 aliphatic rings. The Balaban J connectivity index is 0.000000259. The molecule has 1 N–H and O–H groups in total. The fraction of sp³-hybridized carbons (Fsp3) is 0.415. The van der Waals surface area contributed by atoms with Gasteiger partial charge in [0.1, 0.15) is 5.58 Å². The van der Waals surface area contributed by atoms with E-state index in [1.807, 2.05) is 39.8 Å². The summed E-state index contributed by atoms with van der Waals surface area (Å²) in [6.07, 6.45) is 4.91. The second kappa shape index (κ2) is 13.8. The monoisotopic (exact) mass is 795 g/mol. The van der Waals surface area contributed by atoms with Gasteiger partial charge in [-0.05, 0) is 76.9 Å². The Kier molecular flexibility index (Phi) is 10.7. The summed E-state index contributed by atoms with van der Waals surface area (Å²) >= 11 is 0. The van der Waals surface area contributed by atoms with Crippen molar-refractivity contribution in [2.45, 2.75) is 98.8 Å². The molecule has 1 aliphatic carbocycles. The first-order valence-corrected chi connectivity index (χ1v) is 16.6. The number of hydrogen-bond acceptors (Lipinski definition) is 4. The molecule has 245 valence electrons. The molecule has 2 aromatic heterocycles. The first kappa shape index (κ1) is 35.6. The smallest absolute Gasteiger partial charge is 0.162 e. The third kappa shape index (κ3) is 6.46. The number of carbonyl (C=O) groups is 1. The van der Waals surface area contributed by atoms with Gasteiger partial charge >= 0.3 is 0 Å². The number of carbonyl (C=O) groups excluding carboxylic acids is 1. The van der Waals surface area contributed by atoms with Crippen molar-refractivity contribution in [2.24, 2.45) is 11.8 Å². The number of aliphatic hydroxyl groups is 1. The molecule has 0 aliphatic heterocycles. The summed E-state index contributed by atoms with van der Waals surface area (Å²) in [5, 5.41) is 13.3. The number of fused-ring (bicyclic) bond motifs is 3. The molecular weight excluding hydrogens is 747 g/mol. The molecule has 2 heterocycles. The molecule has 3 aromatic carbocycles.